The van der Waals surface area contributed by atoms with Crippen molar-refractivity contribution >= 4 is 15.7 Å². The van der Waals surface area contributed by atoms with Crippen molar-refractivity contribution in [1.29, 1.82) is 0 Å². The molecule has 1 N–H and O–H groups in total. The van der Waals surface area contributed by atoms with E-state index in [-0.39, 0.29) is 5.60 Å². The summed E-state index contributed by atoms with van der Waals surface area (Å²) in [6.07, 6.45) is 2.61. The molecule has 0 aliphatic carbocycles. The Kier molecular flexibility index (Phi) is 3.71. The van der Waals surface area contributed by atoms with Crippen molar-refractivity contribution in [2.45, 2.75) is 36.7 Å². The van der Waals surface area contributed by atoms with Gasteiger partial charge < -0.3 is 10.1 Å². The Hall–Kier alpha value is -1.11. The van der Waals surface area contributed by atoms with E-state index in [1.165, 1.54) is 0 Å². The van der Waals surface area contributed by atoms with Crippen molar-refractivity contribution in [1.82, 2.24) is 4.31 Å². The molecule has 1 fully saturated rings. The highest BCUT2D eigenvalue weighted by Gasteiger charge is 2.37. The summed E-state index contributed by atoms with van der Waals surface area (Å²) in [6.45, 7) is 3.84. The first-order valence-electron chi connectivity index (χ1n) is 7.37. The minimum absolute atomic E-state index is 0.385. The molecule has 1 unspecified atom stereocenters. The van der Waals surface area contributed by atoms with Crippen molar-refractivity contribution in [3.05, 3.63) is 23.8 Å². The van der Waals surface area contributed by atoms with E-state index in [0.29, 0.717) is 18.0 Å². The maximum Gasteiger partial charge on any atom is 0.243 e. The van der Waals surface area contributed by atoms with Gasteiger partial charge in [0.2, 0.25) is 10.0 Å². The molecule has 0 aromatic heterocycles. The average molecular weight is 310 g/mol. The number of ether oxygens (including phenoxy) is 1. The van der Waals surface area contributed by atoms with Gasteiger partial charge in [0.15, 0.2) is 0 Å². The zero-order chi connectivity index (χ0) is 15.1. The summed E-state index contributed by atoms with van der Waals surface area (Å²) in [7, 11) is -1.79. The van der Waals surface area contributed by atoms with Crippen molar-refractivity contribution in [2.75, 3.05) is 32.1 Å². The second-order valence-corrected chi connectivity index (χ2v) is 8.03. The van der Waals surface area contributed by atoms with Gasteiger partial charge in [-0.2, -0.15) is 4.31 Å². The number of nitrogens with one attached hydrogen (secondary N) is 1. The Morgan fingerprint density at radius 3 is 2.95 bits per heavy atom. The lowest BCUT2D eigenvalue weighted by Gasteiger charge is -2.38. The van der Waals surface area contributed by atoms with Crippen LogP contribution in [-0.2, 0) is 21.2 Å². The fourth-order valence-corrected chi connectivity index (χ4v) is 4.76. The number of piperidine rings is 1. The van der Waals surface area contributed by atoms with Crippen molar-refractivity contribution in [2.24, 2.45) is 0 Å². The second kappa shape index (κ2) is 5.26. The minimum atomic E-state index is -3.44. The monoisotopic (exact) mass is 310 g/mol. The van der Waals surface area contributed by atoms with Gasteiger partial charge in [0, 0.05) is 32.4 Å². The molecule has 6 heteroatoms. The van der Waals surface area contributed by atoms with Crippen molar-refractivity contribution in [3.63, 3.8) is 0 Å². The molecule has 0 spiro atoms. The van der Waals surface area contributed by atoms with Crippen LogP contribution in [0, 0.1) is 0 Å². The summed E-state index contributed by atoms with van der Waals surface area (Å²) in [4.78, 5) is 0.394. The van der Waals surface area contributed by atoms with Crippen LogP contribution in [0.2, 0.25) is 0 Å². The fourth-order valence-electron chi connectivity index (χ4n) is 3.12. The summed E-state index contributed by atoms with van der Waals surface area (Å²) in [6, 6.07) is 5.38. The highest BCUT2D eigenvalue weighted by molar-refractivity contribution is 7.89. The van der Waals surface area contributed by atoms with Gasteiger partial charge >= 0.3 is 0 Å². The number of anilines is 1. The zero-order valence-electron chi connectivity index (χ0n) is 12.6. The Labute approximate surface area is 126 Å². The number of rotatable bonds is 3. The molecular weight excluding hydrogens is 288 g/mol. The van der Waals surface area contributed by atoms with Crippen LogP contribution in [-0.4, -0.2) is 45.1 Å². The number of hydrogen-bond acceptors (Lipinski definition) is 4. The first kappa shape index (κ1) is 14.8. The van der Waals surface area contributed by atoms with E-state index in [4.69, 9.17) is 4.74 Å². The lowest BCUT2D eigenvalue weighted by atomic mass is 9.96. The number of nitrogens with zero attached hydrogens (tertiary/aromatic N) is 1. The summed E-state index contributed by atoms with van der Waals surface area (Å²) in [5.74, 6) is 0. The highest BCUT2D eigenvalue weighted by atomic mass is 32.2. The molecule has 1 aromatic carbocycles. The van der Waals surface area contributed by atoms with Gasteiger partial charge in [0.25, 0.3) is 0 Å². The van der Waals surface area contributed by atoms with Gasteiger partial charge in [-0.15, -0.1) is 0 Å². The molecule has 2 aliphatic rings. The van der Waals surface area contributed by atoms with Gasteiger partial charge in [-0.25, -0.2) is 8.42 Å². The largest absolute Gasteiger partial charge is 0.384 e. The maximum atomic E-state index is 12.8. The van der Waals surface area contributed by atoms with Crippen LogP contribution in [0.3, 0.4) is 0 Å². The topological polar surface area (TPSA) is 58.6 Å². The van der Waals surface area contributed by atoms with E-state index < -0.39 is 10.0 Å². The van der Waals surface area contributed by atoms with Crippen molar-refractivity contribution in [3.8, 4) is 0 Å². The third-order valence-corrected chi connectivity index (χ3v) is 6.38. The second-order valence-electron chi connectivity index (χ2n) is 6.09. The Morgan fingerprint density at radius 1 is 1.38 bits per heavy atom. The minimum Gasteiger partial charge on any atom is -0.384 e. The molecule has 2 aliphatic heterocycles. The molecule has 0 saturated carbocycles. The number of methoxy groups -OCH3 is 1. The summed E-state index contributed by atoms with van der Waals surface area (Å²) in [5.41, 5.74) is 1.75. The van der Waals surface area contributed by atoms with Crippen LogP contribution in [0.5, 0.6) is 0 Å². The predicted octanol–water partition coefficient (Wildman–Crippen LogP) is 1.84. The van der Waals surface area contributed by atoms with Gasteiger partial charge in [-0.05, 0) is 49.9 Å². The first-order chi connectivity index (χ1) is 9.94. The quantitative estimate of drug-likeness (QED) is 0.925. The third kappa shape index (κ3) is 2.67. The summed E-state index contributed by atoms with van der Waals surface area (Å²) < 4.78 is 32.7. The molecule has 2 heterocycles. The van der Waals surface area contributed by atoms with Gasteiger partial charge in [-0.3, -0.25) is 0 Å². The molecule has 0 amide bonds. The van der Waals surface area contributed by atoms with Crippen LogP contribution in [0.1, 0.15) is 25.3 Å². The Balaban J connectivity index is 1.90. The predicted molar refractivity (Wildman–Crippen MR) is 82.0 cm³/mol. The van der Waals surface area contributed by atoms with Crippen LogP contribution in [0.15, 0.2) is 23.1 Å². The van der Waals surface area contributed by atoms with Gasteiger partial charge in [0.05, 0.1) is 10.5 Å². The molecule has 1 aromatic rings. The standard InChI is InChI=1S/C15H22N2O3S/c1-15(20-2)7-3-9-17(11-15)21(18,19)13-4-5-14-12(10-13)6-8-16-14/h4-5,10,16H,3,6-9,11H2,1-2H3. The van der Waals surface area contributed by atoms with Gasteiger partial charge in [0.1, 0.15) is 0 Å². The molecule has 1 atom stereocenters. The molecule has 21 heavy (non-hydrogen) atoms. The molecule has 3 rings (SSSR count). The smallest absolute Gasteiger partial charge is 0.243 e. The number of hydrogen-bond donors (Lipinski definition) is 1. The third-order valence-electron chi connectivity index (χ3n) is 4.54. The lowest BCUT2D eigenvalue weighted by Crippen LogP contribution is -2.49. The van der Waals surface area contributed by atoms with E-state index in [9.17, 15) is 8.42 Å². The Bertz CT molecular complexity index is 644. The number of benzene rings is 1. The molecule has 0 bridgehead atoms. The van der Waals surface area contributed by atoms with Crippen LogP contribution in [0.4, 0.5) is 5.69 Å². The van der Waals surface area contributed by atoms with E-state index in [1.54, 1.807) is 17.5 Å². The van der Waals surface area contributed by atoms with Crippen LogP contribution >= 0.6 is 0 Å². The maximum absolute atomic E-state index is 12.8. The SMILES string of the molecule is COC1(C)CCCN(S(=O)(=O)c2ccc3c(c2)CCN3)C1. The van der Waals surface area contributed by atoms with E-state index >= 15 is 0 Å². The molecular formula is C15H22N2O3S. The molecule has 1 saturated heterocycles. The normalized spacial score (nSPS) is 26.4. The number of fused-ring (bicyclic) bond motifs is 1. The van der Waals surface area contributed by atoms with Crippen LogP contribution < -0.4 is 5.32 Å². The Morgan fingerprint density at radius 2 is 2.19 bits per heavy atom. The fraction of sp³-hybridized carbons (Fsp3) is 0.600. The first-order valence-corrected chi connectivity index (χ1v) is 8.81. The highest BCUT2D eigenvalue weighted by Crippen LogP contribution is 2.31. The van der Waals surface area contributed by atoms with Crippen LogP contribution in [0.25, 0.3) is 0 Å². The van der Waals surface area contributed by atoms with Gasteiger partial charge in [-0.1, -0.05) is 0 Å². The number of sulfonamides is 1. The molecule has 0 radical (unpaired) electrons. The molecule has 5 nitrogen and oxygen atoms in total. The average Bonchev–Trinajstić information content (AvgIpc) is 2.94. The van der Waals surface area contributed by atoms with E-state index in [1.807, 2.05) is 19.1 Å². The van der Waals surface area contributed by atoms with Crippen molar-refractivity contribution < 1.29 is 13.2 Å². The lowest BCUT2D eigenvalue weighted by molar-refractivity contribution is -0.0319. The summed E-state index contributed by atoms with van der Waals surface area (Å²) in [5, 5.41) is 3.25. The van der Waals surface area contributed by atoms with E-state index in [2.05, 4.69) is 5.32 Å². The zero-order valence-corrected chi connectivity index (χ0v) is 13.4. The summed E-state index contributed by atoms with van der Waals surface area (Å²) >= 11 is 0. The molecule has 116 valence electrons. The van der Waals surface area contributed by atoms with E-state index in [0.717, 1.165) is 37.1 Å².